The highest BCUT2D eigenvalue weighted by atomic mass is 16.5. The molecule has 0 aromatic heterocycles. The van der Waals surface area contributed by atoms with Crippen molar-refractivity contribution in [3.8, 4) is 5.75 Å². The van der Waals surface area contributed by atoms with Crippen LogP contribution in [0.2, 0.25) is 0 Å². The second kappa shape index (κ2) is 6.58. The van der Waals surface area contributed by atoms with Crippen molar-refractivity contribution in [3.63, 3.8) is 0 Å². The highest BCUT2D eigenvalue weighted by Crippen LogP contribution is 2.26. The zero-order chi connectivity index (χ0) is 15.4. The van der Waals surface area contributed by atoms with Crippen LogP contribution in [0.3, 0.4) is 0 Å². The van der Waals surface area contributed by atoms with E-state index in [4.69, 9.17) is 9.47 Å². The number of nitrogens with zero attached hydrogens (tertiary/aromatic N) is 1. The molecule has 0 bridgehead atoms. The molecule has 1 fully saturated rings. The van der Waals surface area contributed by atoms with Crippen LogP contribution in [-0.4, -0.2) is 50.0 Å². The molecule has 114 valence electrons. The van der Waals surface area contributed by atoms with Gasteiger partial charge in [0.15, 0.2) is 12.9 Å². The van der Waals surface area contributed by atoms with E-state index in [1.165, 1.54) is 0 Å². The largest absolute Gasteiger partial charge is 0.483 e. The van der Waals surface area contributed by atoms with Crippen molar-refractivity contribution in [1.29, 1.82) is 0 Å². The maximum atomic E-state index is 12.1. The van der Waals surface area contributed by atoms with Gasteiger partial charge in [0.1, 0.15) is 5.75 Å². The third-order valence-corrected chi connectivity index (χ3v) is 3.76. The Morgan fingerprint density at radius 3 is 2.73 bits per heavy atom. The molecule has 22 heavy (non-hydrogen) atoms. The van der Waals surface area contributed by atoms with Crippen LogP contribution >= 0.6 is 0 Å². The summed E-state index contributed by atoms with van der Waals surface area (Å²) in [6.07, 6.45) is 0.775. The zero-order valence-electron chi connectivity index (χ0n) is 12.2. The number of hydrogen-bond donors (Lipinski definition) is 0. The summed E-state index contributed by atoms with van der Waals surface area (Å²) in [6.45, 7) is 2.21. The van der Waals surface area contributed by atoms with Crippen LogP contribution in [0.5, 0.6) is 5.75 Å². The number of amides is 1. The van der Waals surface area contributed by atoms with Crippen LogP contribution in [0.1, 0.15) is 10.4 Å². The third kappa shape index (κ3) is 2.94. The van der Waals surface area contributed by atoms with Gasteiger partial charge in [-0.1, -0.05) is 30.3 Å². The number of benzene rings is 2. The first-order valence-electron chi connectivity index (χ1n) is 7.25. The third-order valence-electron chi connectivity index (χ3n) is 3.76. The van der Waals surface area contributed by atoms with E-state index in [9.17, 15) is 9.59 Å². The summed E-state index contributed by atoms with van der Waals surface area (Å²) >= 11 is 0. The number of rotatable bonds is 4. The summed E-state index contributed by atoms with van der Waals surface area (Å²) in [5, 5.41) is 1.80. The molecule has 3 rings (SSSR count). The molecule has 1 aliphatic heterocycles. The van der Waals surface area contributed by atoms with Crippen LogP contribution < -0.4 is 4.74 Å². The molecule has 1 saturated heterocycles. The standard InChI is InChI=1S/C17H17NO4/c19-11-15-14-4-2-1-3-13(14)5-6-16(15)22-12-17(20)18-7-9-21-10-8-18/h1-6,11H,7-10,12H2. The second-order valence-electron chi connectivity index (χ2n) is 5.10. The SMILES string of the molecule is O=Cc1c(OCC(=O)N2CCOCC2)ccc2ccccc12. The lowest BCUT2D eigenvalue weighted by atomic mass is 10.0. The number of carbonyl (C=O) groups excluding carboxylic acids is 2. The smallest absolute Gasteiger partial charge is 0.260 e. The highest BCUT2D eigenvalue weighted by Gasteiger charge is 2.18. The molecule has 2 aromatic carbocycles. The number of fused-ring (bicyclic) bond motifs is 1. The Labute approximate surface area is 128 Å². The van der Waals surface area contributed by atoms with E-state index in [-0.39, 0.29) is 12.5 Å². The number of ether oxygens (including phenoxy) is 2. The Hall–Kier alpha value is -2.40. The lowest BCUT2D eigenvalue weighted by Gasteiger charge is -2.26. The Bertz CT molecular complexity index is 692. The molecule has 5 nitrogen and oxygen atoms in total. The van der Waals surface area contributed by atoms with E-state index in [0.29, 0.717) is 37.6 Å². The predicted octanol–water partition coefficient (Wildman–Crippen LogP) is 1.89. The molecule has 0 unspecified atom stereocenters. The van der Waals surface area contributed by atoms with Crippen molar-refractivity contribution in [2.24, 2.45) is 0 Å². The normalized spacial score (nSPS) is 14.8. The summed E-state index contributed by atoms with van der Waals surface area (Å²) in [4.78, 5) is 25.2. The molecule has 1 aliphatic rings. The summed E-state index contributed by atoms with van der Waals surface area (Å²) in [5.41, 5.74) is 0.480. The fourth-order valence-corrected chi connectivity index (χ4v) is 2.57. The molecule has 2 aromatic rings. The monoisotopic (exact) mass is 299 g/mol. The summed E-state index contributed by atoms with van der Waals surface area (Å²) < 4.78 is 10.8. The van der Waals surface area contributed by atoms with Gasteiger partial charge in [-0.15, -0.1) is 0 Å². The van der Waals surface area contributed by atoms with E-state index < -0.39 is 0 Å². The Balaban J connectivity index is 1.76. The molecule has 1 amide bonds. The molecule has 5 heteroatoms. The van der Waals surface area contributed by atoms with Gasteiger partial charge < -0.3 is 14.4 Å². The quantitative estimate of drug-likeness (QED) is 0.809. The zero-order valence-corrected chi connectivity index (χ0v) is 12.2. The van der Waals surface area contributed by atoms with Crippen LogP contribution in [-0.2, 0) is 9.53 Å². The van der Waals surface area contributed by atoms with E-state index in [2.05, 4.69) is 0 Å². The lowest BCUT2D eigenvalue weighted by molar-refractivity contribution is -0.137. The summed E-state index contributed by atoms with van der Waals surface area (Å²) in [6, 6.07) is 11.2. The van der Waals surface area contributed by atoms with Crippen molar-refractivity contribution in [3.05, 3.63) is 42.0 Å². The van der Waals surface area contributed by atoms with Gasteiger partial charge in [0.2, 0.25) is 0 Å². The van der Waals surface area contributed by atoms with E-state index in [1.807, 2.05) is 30.3 Å². The van der Waals surface area contributed by atoms with Gasteiger partial charge in [0.05, 0.1) is 18.8 Å². The molecule has 0 N–H and O–H groups in total. The number of morpholine rings is 1. The molecule has 1 heterocycles. The minimum absolute atomic E-state index is 0.0703. The fourth-order valence-electron chi connectivity index (χ4n) is 2.57. The second-order valence-corrected chi connectivity index (χ2v) is 5.10. The first-order valence-corrected chi connectivity index (χ1v) is 7.25. The van der Waals surface area contributed by atoms with E-state index in [0.717, 1.165) is 17.1 Å². The van der Waals surface area contributed by atoms with Crippen molar-refractivity contribution in [2.45, 2.75) is 0 Å². The van der Waals surface area contributed by atoms with Crippen LogP contribution in [0, 0.1) is 0 Å². The van der Waals surface area contributed by atoms with Gasteiger partial charge in [0.25, 0.3) is 5.91 Å². The summed E-state index contributed by atoms with van der Waals surface area (Å²) in [7, 11) is 0. The van der Waals surface area contributed by atoms with E-state index >= 15 is 0 Å². The number of hydrogen-bond acceptors (Lipinski definition) is 4. The molecule has 0 atom stereocenters. The Morgan fingerprint density at radius 2 is 1.95 bits per heavy atom. The molecular formula is C17H17NO4. The fraction of sp³-hybridized carbons (Fsp3) is 0.294. The van der Waals surface area contributed by atoms with Crippen molar-refractivity contribution in [1.82, 2.24) is 4.90 Å². The first kappa shape index (κ1) is 14.5. The van der Waals surface area contributed by atoms with Crippen LogP contribution in [0.4, 0.5) is 0 Å². The van der Waals surface area contributed by atoms with Gasteiger partial charge in [-0.2, -0.15) is 0 Å². The van der Waals surface area contributed by atoms with E-state index in [1.54, 1.807) is 11.0 Å². The van der Waals surface area contributed by atoms with Crippen molar-refractivity contribution < 1.29 is 19.1 Å². The average molecular weight is 299 g/mol. The first-order chi connectivity index (χ1) is 10.8. The maximum absolute atomic E-state index is 12.1. The minimum atomic E-state index is -0.0895. The maximum Gasteiger partial charge on any atom is 0.260 e. The molecule has 0 saturated carbocycles. The van der Waals surface area contributed by atoms with Gasteiger partial charge in [-0.3, -0.25) is 9.59 Å². The van der Waals surface area contributed by atoms with Gasteiger partial charge in [-0.05, 0) is 16.8 Å². The molecule has 0 radical (unpaired) electrons. The minimum Gasteiger partial charge on any atom is -0.483 e. The topological polar surface area (TPSA) is 55.8 Å². The van der Waals surface area contributed by atoms with Gasteiger partial charge in [-0.25, -0.2) is 0 Å². The lowest BCUT2D eigenvalue weighted by Crippen LogP contribution is -2.43. The van der Waals surface area contributed by atoms with Crippen LogP contribution in [0.25, 0.3) is 10.8 Å². The molecule has 0 spiro atoms. The number of carbonyl (C=O) groups is 2. The Kier molecular flexibility index (Phi) is 4.34. The Morgan fingerprint density at radius 1 is 1.18 bits per heavy atom. The van der Waals surface area contributed by atoms with Crippen molar-refractivity contribution >= 4 is 23.0 Å². The molecule has 0 aliphatic carbocycles. The van der Waals surface area contributed by atoms with Gasteiger partial charge in [0, 0.05) is 13.1 Å². The van der Waals surface area contributed by atoms with Crippen molar-refractivity contribution in [2.75, 3.05) is 32.9 Å². The molecular weight excluding hydrogens is 282 g/mol. The highest BCUT2D eigenvalue weighted by molar-refractivity contribution is 6.00. The average Bonchev–Trinajstić information content (AvgIpc) is 2.59. The van der Waals surface area contributed by atoms with Gasteiger partial charge >= 0.3 is 0 Å². The number of aldehydes is 1. The summed E-state index contributed by atoms with van der Waals surface area (Å²) in [5.74, 6) is 0.351. The predicted molar refractivity (Wildman–Crippen MR) is 82.2 cm³/mol. The van der Waals surface area contributed by atoms with Crippen LogP contribution in [0.15, 0.2) is 36.4 Å².